The maximum absolute atomic E-state index is 12.3. The van der Waals surface area contributed by atoms with Gasteiger partial charge in [0.1, 0.15) is 11.6 Å². The molecule has 1 heterocycles. The molecule has 0 aromatic carbocycles. The van der Waals surface area contributed by atoms with Crippen LogP contribution in [-0.4, -0.2) is 34.8 Å². The molecule has 17 heavy (non-hydrogen) atoms. The van der Waals surface area contributed by atoms with E-state index in [1.54, 1.807) is 18.7 Å². The van der Waals surface area contributed by atoms with Gasteiger partial charge in [-0.2, -0.15) is 0 Å². The van der Waals surface area contributed by atoms with Crippen LogP contribution in [0.15, 0.2) is 12.2 Å². The quantitative estimate of drug-likeness (QED) is 0.754. The third-order valence-corrected chi connectivity index (χ3v) is 2.91. The Morgan fingerprint density at radius 2 is 2.00 bits per heavy atom. The van der Waals surface area contributed by atoms with Crippen molar-refractivity contribution in [1.29, 1.82) is 0 Å². The molecule has 4 nitrogen and oxygen atoms in total. The van der Waals surface area contributed by atoms with Crippen molar-refractivity contribution in [2.24, 2.45) is 5.92 Å². The van der Waals surface area contributed by atoms with Gasteiger partial charge >= 0.3 is 0 Å². The number of amides is 2. The Bertz CT molecular complexity index is 358. The maximum atomic E-state index is 12.3. The number of piperazine rings is 1. The number of carbonyl (C=O) groups excluding carboxylic acids is 2. The van der Waals surface area contributed by atoms with E-state index in [9.17, 15) is 9.59 Å². The standard InChI is InChI=1S/C13H22N2O2/c1-8(2)7-15-10(9(3)4)11(16)14-13(5,6)12(15)17/h9-10H,1,7H2,2-6H3,(H,14,16). The van der Waals surface area contributed by atoms with Crippen molar-refractivity contribution in [2.45, 2.75) is 46.2 Å². The van der Waals surface area contributed by atoms with E-state index in [1.165, 1.54) is 0 Å². The highest BCUT2D eigenvalue weighted by atomic mass is 16.2. The highest BCUT2D eigenvalue weighted by Gasteiger charge is 2.45. The number of hydrogen-bond acceptors (Lipinski definition) is 2. The molecule has 1 fully saturated rings. The van der Waals surface area contributed by atoms with Crippen LogP contribution in [0, 0.1) is 5.92 Å². The summed E-state index contributed by atoms with van der Waals surface area (Å²) in [5, 5.41) is 2.78. The van der Waals surface area contributed by atoms with Gasteiger partial charge in [-0.25, -0.2) is 0 Å². The number of nitrogens with zero attached hydrogens (tertiary/aromatic N) is 1. The fraction of sp³-hybridized carbons (Fsp3) is 0.692. The van der Waals surface area contributed by atoms with E-state index in [0.29, 0.717) is 6.54 Å². The molecule has 1 N–H and O–H groups in total. The topological polar surface area (TPSA) is 49.4 Å². The molecule has 1 saturated heterocycles. The summed E-state index contributed by atoms with van der Waals surface area (Å²) in [4.78, 5) is 26.0. The first-order valence-corrected chi connectivity index (χ1v) is 5.94. The Morgan fingerprint density at radius 1 is 1.47 bits per heavy atom. The Labute approximate surface area is 103 Å². The van der Waals surface area contributed by atoms with Crippen molar-refractivity contribution in [3.05, 3.63) is 12.2 Å². The SMILES string of the molecule is C=C(C)CN1C(=O)C(C)(C)NC(=O)C1C(C)C. The van der Waals surface area contributed by atoms with E-state index >= 15 is 0 Å². The van der Waals surface area contributed by atoms with Crippen LogP contribution in [0.25, 0.3) is 0 Å². The van der Waals surface area contributed by atoms with Gasteiger partial charge in [0, 0.05) is 6.54 Å². The Hall–Kier alpha value is -1.32. The van der Waals surface area contributed by atoms with Crippen molar-refractivity contribution in [2.75, 3.05) is 6.54 Å². The monoisotopic (exact) mass is 238 g/mol. The van der Waals surface area contributed by atoms with Crippen molar-refractivity contribution >= 4 is 11.8 Å². The van der Waals surface area contributed by atoms with Crippen LogP contribution in [0.1, 0.15) is 34.6 Å². The van der Waals surface area contributed by atoms with E-state index in [-0.39, 0.29) is 17.7 Å². The second-order valence-corrected chi connectivity index (χ2v) is 5.69. The van der Waals surface area contributed by atoms with Crippen LogP contribution in [-0.2, 0) is 9.59 Å². The molecule has 0 bridgehead atoms. The van der Waals surface area contributed by atoms with Gasteiger partial charge in [-0.05, 0) is 26.7 Å². The van der Waals surface area contributed by atoms with Crippen molar-refractivity contribution in [3.63, 3.8) is 0 Å². The van der Waals surface area contributed by atoms with Crippen LogP contribution in [0.2, 0.25) is 0 Å². The minimum Gasteiger partial charge on any atom is -0.340 e. The van der Waals surface area contributed by atoms with Crippen LogP contribution >= 0.6 is 0 Å². The lowest BCUT2D eigenvalue weighted by Gasteiger charge is -2.44. The van der Waals surface area contributed by atoms with Gasteiger partial charge in [-0.3, -0.25) is 9.59 Å². The zero-order chi connectivity index (χ0) is 13.4. The molecule has 1 rings (SSSR count). The van der Waals surface area contributed by atoms with Crippen molar-refractivity contribution in [1.82, 2.24) is 10.2 Å². The van der Waals surface area contributed by atoms with Crippen LogP contribution in [0.4, 0.5) is 0 Å². The fourth-order valence-electron chi connectivity index (χ4n) is 2.19. The van der Waals surface area contributed by atoms with Gasteiger partial charge in [-0.15, -0.1) is 0 Å². The fourth-order valence-corrected chi connectivity index (χ4v) is 2.19. The van der Waals surface area contributed by atoms with Gasteiger partial charge in [0.15, 0.2) is 0 Å². The third kappa shape index (κ3) is 2.68. The molecule has 0 saturated carbocycles. The summed E-state index contributed by atoms with van der Waals surface area (Å²) in [6, 6.07) is -0.396. The second-order valence-electron chi connectivity index (χ2n) is 5.69. The first-order chi connectivity index (χ1) is 7.66. The third-order valence-electron chi connectivity index (χ3n) is 2.91. The zero-order valence-corrected chi connectivity index (χ0v) is 11.3. The molecule has 4 heteroatoms. The van der Waals surface area contributed by atoms with Gasteiger partial charge in [0.2, 0.25) is 11.8 Å². The summed E-state index contributed by atoms with van der Waals surface area (Å²) in [6.07, 6.45) is 0. The second kappa shape index (κ2) is 4.51. The van der Waals surface area contributed by atoms with E-state index < -0.39 is 11.6 Å². The number of nitrogens with one attached hydrogen (secondary N) is 1. The first-order valence-electron chi connectivity index (χ1n) is 5.94. The average molecular weight is 238 g/mol. The Morgan fingerprint density at radius 3 is 2.41 bits per heavy atom. The molecule has 0 aliphatic carbocycles. The lowest BCUT2D eigenvalue weighted by atomic mass is 9.91. The highest BCUT2D eigenvalue weighted by molar-refractivity contribution is 5.99. The smallest absolute Gasteiger partial charge is 0.248 e. The number of rotatable bonds is 3. The van der Waals surface area contributed by atoms with Gasteiger partial charge < -0.3 is 10.2 Å². The largest absolute Gasteiger partial charge is 0.340 e. The van der Waals surface area contributed by atoms with E-state index in [1.807, 2.05) is 20.8 Å². The summed E-state index contributed by atoms with van der Waals surface area (Å²) in [5.74, 6) is -0.0287. The molecule has 96 valence electrons. The average Bonchev–Trinajstić information content (AvgIpc) is 2.11. The van der Waals surface area contributed by atoms with Crippen LogP contribution < -0.4 is 5.32 Å². The molecular formula is C13H22N2O2. The molecule has 0 spiro atoms. The Kier molecular flexibility index (Phi) is 3.65. The minimum atomic E-state index is -0.822. The van der Waals surface area contributed by atoms with Gasteiger partial charge in [-0.1, -0.05) is 26.0 Å². The molecule has 0 radical (unpaired) electrons. The highest BCUT2D eigenvalue weighted by Crippen LogP contribution is 2.23. The summed E-state index contributed by atoms with van der Waals surface area (Å²) in [6.45, 7) is 13.5. The lowest BCUT2D eigenvalue weighted by molar-refractivity contribution is -0.154. The van der Waals surface area contributed by atoms with E-state index in [4.69, 9.17) is 0 Å². The first kappa shape index (κ1) is 13.7. The number of hydrogen-bond donors (Lipinski definition) is 1. The van der Waals surface area contributed by atoms with Crippen molar-refractivity contribution in [3.8, 4) is 0 Å². The molecule has 2 amide bonds. The molecule has 1 atom stereocenters. The normalized spacial score (nSPS) is 23.9. The molecule has 0 aromatic rings. The predicted octanol–water partition coefficient (Wildman–Crippen LogP) is 1.32. The Balaban J connectivity index is 3.08. The van der Waals surface area contributed by atoms with E-state index in [0.717, 1.165) is 5.57 Å². The molecule has 0 aromatic heterocycles. The van der Waals surface area contributed by atoms with Crippen LogP contribution in [0.5, 0.6) is 0 Å². The van der Waals surface area contributed by atoms with Gasteiger partial charge in [0.25, 0.3) is 0 Å². The predicted molar refractivity (Wildman–Crippen MR) is 67.4 cm³/mol. The molecule has 1 unspecified atom stereocenters. The zero-order valence-electron chi connectivity index (χ0n) is 11.3. The van der Waals surface area contributed by atoms with Crippen LogP contribution in [0.3, 0.4) is 0 Å². The van der Waals surface area contributed by atoms with Gasteiger partial charge in [0.05, 0.1) is 0 Å². The minimum absolute atomic E-state index is 0.0428. The van der Waals surface area contributed by atoms with Crippen molar-refractivity contribution < 1.29 is 9.59 Å². The molecule has 1 aliphatic rings. The summed E-state index contributed by atoms with van der Waals surface area (Å²) < 4.78 is 0. The molecular weight excluding hydrogens is 216 g/mol. The van der Waals surface area contributed by atoms with E-state index in [2.05, 4.69) is 11.9 Å². The summed E-state index contributed by atoms with van der Waals surface area (Å²) in [7, 11) is 0. The molecule has 1 aliphatic heterocycles. The summed E-state index contributed by atoms with van der Waals surface area (Å²) in [5.41, 5.74) is 0.0623. The summed E-state index contributed by atoms with van der Waals surface area (Å²) >= 11 is 0. The lowest BCUT2D eigenvalue weighted by Crippen LogP contribution is -2.69. The number of carbonyl (C=O) groups is 2. The maximum Gasteiger partial charge on any atom is 0.248 e.